The Kier molecular flexibility index (Phi) is 6.63. The number of rotatable bonds is 6. The number of piperazine rings is 1. The Morgan fingerprint density at radius 3 is 2.50 bits per heavy atom. The maximum absolute atomic E-state index is 12.4. The van der Waals surface area contributed by atoms with Crippen molar-refractivity contribution in [1.82, 2.24) is 19.7 Å². The smallest absolute Gasteiger partial charge is 0.222 e. The summed E-state index contributed by atoms with van der Waals surface area (Å²) in [6.45, 7) is 10.2. The molecule has 0 aromatic carbocycles. The zero-order valence-corrected chi connectivity index (χ0v) is 15.7. The van der Waals surface area contributed by atoms with E-state index in [1.807, 2.05) is 0 Å². The molecule has 1 amide bonds. The van der Waals surface area contributed by atoms with Crippen LogP contribution in [0, 0.1) is 6.92 Å². The molecule has 0 bridgehead atoms. The Morgan fingerprint density at radius 2 is 1.83 bits per heavy atom. The van der Waals surface area contributed by atoms with Crippen LogP contribution in [0.15, 0.2) is 5.38 Å². The van der Waals surface area contributed by atoms with Gasteiger partial charge in [0.1, 0.15) is 0 Å². The predicted octanol–water partition coefficient (Wildman–Crippen LogP) is 2.36. The molecule has 0 N–H and O–H groups in total. The van der Waals surface area contributed by atoms with Gasteiger partial charge in [0.15, 0.2) is 0 Å². The summed E-state index contributed by atoms with van der Waals surface area (Å²) in [5, 5.41) is 3.28. The van der Waals surface area contributed by atoms with Crippen LogP contribution in [-0.2, 0) is 11.3 Å². The molecule has 1 aromatic heterocycles. The molecule has 0 unspecified atom stereocenters. The van der Waals surface area contributed by atoms with Crippen LogP contribution in [-0.4, -0.2) is 71.4 Å². The maximum atomic E-state index is 12.4. The number of aromatic nitrogens is 1. The highest BCUT2D eigenvalue weighted by atomic mass is 32.1. The quantitative estimate of drug-likeness (QED) is 0.790. The second-order valence-electron chi connectivity index (χ2n) is 7.02. The van der Waals surface area contributed by atoms with E-state index in [0.29, 0.717) is 12.3 Å². The van der Waals surface area contributed by atoms with Crippen molar-refractivity contribution in [2.45, 2.75) is 45.6 Å². The summed E-state index contributed by atoms with van der Waals surface area (Å²) in [6.07, 6.45) is 5.75. The molecule has 0 aliphatic carbocycles. The van der Waals surface area contributed by atoms with Gasteiger partial charge < -0.3 is 9.80 Å². The number of carbonyl (C=O) groups excluding carboxylic acids is 1. The number of piperidine rings is 1. The van der Waals surface area contributed by atoms with E-state index in [0.717, 1.165) is 50.7 Å². The number of thiazole rings is 1. The van der Waals surface area contributed by atoms with Crippen molar-refractivity contribution >= 4 is 17.2 Å². The minimum Gasteiger partial charge on any atom is -0.340 e. The molecule has 3 rings (SSSR count). The molecule has 2 fully saturated rings. The number of carbonyl (C=O) groups is 1. The van der Waals surface area contributed by atoms with E-state index >= 15 is 0 Å². The third-order valence-corrected chi connectivity index (χ3v) is 5.91. The number of hydrogen-bond donors (Lipinski definition) is 0. The van der Waals surface area contributed by atoms with Gasteiger partial charge in [-0.05, 0) is 45.8 Å². The van der Waals surface area contributed by atoms with Gasteiger partial charge in [-0.25, -0.2) is 4.98 Å². The van der Waals surface area contributed by atoms with Gasteiger partial charge in [0.2, 0.25) is 5.91 Å². The van der Waals surface area contributed by atoms with Crippen molar-refractivity contribution in [3.8, 4) is 0 Å². The maximum Gasteiger partial charge on any atom is 0.222 e. The van der Waals surface area contributed by atoms with Crippen LogP contribution in [0.4, 0.5) is 0 Å². The Labute approximate surface area is 149 Å². The molecule has 6 heteroatoms. The van der Waals surface area contributed by atoms with Crippen molar-refractivity contribution in [2.75, 3.05) is 45.8 Å². The molecule has 0 radical (unpaired) electrons. The van der Waals surface area contributed by atoms with Crippen molar-refractivity contribution in [3.63, 3.8) is 0 Å². The molecule has 0 atom stereocenters. The van der Waals surface area contributed by atoms with Crippen LogP contribution in [0.1, 0.15) is 42.8 Å². The number of amides is 1. The monoisotopic (exact) mass is 350 g/mol. The van der Waals surface area contributed by atoms with Crippen molar-refractivity contribution < 1.29 is 4.79 Å². The first-order valence-corrected chi connectivity index (χ1v) is 10.2. The van der Waals surface area contributed by atoms with Crippen LogP contribution < -0.4 is 0 Å². The van der Waals surface area contributed by atoms with Crippen molar-refractivity contribution in [1.29, 1.82) is 0 Å². The van der Waals surface area contributed by atoms with Crippen molar-refractivity contribution in [3.05, 3.63) is 16.1 Å². The van der Waals surface area contributed by atoms with E-state index < -0.39 is 0 Å². The molecule has 134 valence electrons. The van der Waals surface area contributed by atoms with Gasteiger partial charge in [-0.15, -0.1) is 11.3 Å². The SMILES string of the molecule is Cc1nc(CN2CCN(C(=O)CCCN3CCCCC3)CC2)cs1. The molecular formula is C18H30N4OS. The van der Waals surface area contributed by atoms with E-state index in [9.17, 15) is 4.79 Å². The number of aryl methyl sites for hydroxylation is 1. The normalized spacial score (nSPS) is 20.5. The molecule has 0 spiro atoms. The van der Waals surface area contributed by atoms with E-state index in [2.05, 4.69) is 32.0 Å². The topological polar surface area (TPSA) is 39.7 Å². The standard InChI is InChI=1S/C18H30N4OS/c1-16-19-17(15-24-16)14-21-10-12-22(13-11-21)18(23)6-5-9-20-7-3-2-4-8-20/h15H,2-14H2,1H3. The molecule has 2 aliphatic heterocycles. The second-order valence-corrected chi connectivity index (χ2v) is 8.08. The lowest BCUT2D eigenvalue weighted by atomic mass is 10.1. The molecule has 2 saturated heterocycles. The fourth-order valence-electron chi connectivity index (χ4n) is 3.66. The second kappa shape index (κ2) is 8.92. The van der Waals surface area contributed by atoms with E-state index in [4.69, 9.17) is 0 Å². The zero-order chi connectivity index (χ0) is 16.8. The molecule has 24 heavy (non-hydrogen) atoms. The average Bonchev–Trinajstić information content (AvgIpc) is 3.01. The molecular weight excluding hydrogens is 320 g/mol. The zero-order valence-electron chi connectivity index (χ0n) is 14.9. The summed E-state index contributed by atoms with van der Waals surface area (Å²) in [5.74, 6) is 0.344. The Morgan fingerprint density at radius 1 is 1.08 bits per heavy atom. The summed E-state index contributed by atoms with van der Waals surface area (Å²) < 4.78 is 0. The Balaban J connectivity index is 1.32. The third-order valence-electron chi connectivity index (χ3n) is 5.09. The van der Waals surface area contributed by atoms with Gasteiger partial charge >= 0.3 is 0 Å². The number of nitrogens with zero attached hydrogens (tertiary/aromatic N) is 4. The average molecular weight is 351 g/mol. The van der Waals surface area contributed by atoms with Gasteiger partial charge in [-0.2, -0.15) is 0 Å². The minimum atomic E-state index is 0.344. The van der Waals surface area contributed by atoms with Crippen LogP contribution in [0.5, 0.6) is 0 Å². The fraction of sp³-hybridized carbons (Fsp3) is 0.778. The predicted molar refractivity (Wildman–Crippen MR) is 98.2 cm³/mol. The number of hydrogen-bond acceptors (Lipinski definition) is 5. The lowest BCUT2D eigenvalue weighted by molar-refractivity contribution is -0.133. The largest absolute Gasteiger partial charge is 0.340 e. The first-order valence-electron chi connectivity index (χ1n) is 9.34. The summed E-state index contributed by atoms with van der Waals surface area (Å²) in [4.78, 5) is 23.9. The lowest BCUT2D eigenvalue weighted by Crippen LogP contribution is -2.48. The first kappa shape index (κ1) is 17.8. The molecule has 0 saturated carbocycles. The van der Waals surface area contributed by atoms with Crippen LogP contribution in [0.3, 0.4) is 0 Å². The van der Waals surface area contributed by atoms with E-state index in [1.165, 1.54) is 38.0 Å². The van der Waals surface area contributed by atoms with E-state index in [-0.39, 0.29) is 0 Å². The fourth-order valence-corrected chi connectivity index (χ4v) is 4.26. The Hall–Kier alpha value is -0.980. The van der Waals surface area contributed by atoms with Crippen LogP contribution in [0.25, 0.3) is 0 Å². The van der Waals surface area contributed by atoms with Gasteiger partial charge in [0.05, 0.1) is 10.7 Å². The molecule has 1 aromatic rings. The van der Waals surface area contributed by atoms with Crippen molar-refractivity contribution in [2.24, 2.45) is 0 Å². The highest BCUT2D eigenvalue weighted by Crippen LogP contribution is 2.13. The summed E-state index contributed by atoms with van der Waals surface area (Å²) >= 11 is 1.71. The summed E-state index contributed by atoms with van der Waals surface area (Å²) in [5.41, 5.74) is 1.17. The van der Waals surface area contributed by atoms with Crippen LogP contribution >= 0.6 is 11.3 Å². The van der Waals surface area contributed by atoms with Gasteiger partial charge in [0.25, 0.3) is 0 Å². The molecule has 5 nitrogen and oxygen atoms in total. The highest BCUT2D eigenvalue weighted by molar-refractivity contribution is 7.09. The summed E-state index contributed by atoms with van der Waals surface area (Å²) in [7, 11) is 0. The first-order chi connectivity index (χ1) is 11.7. The van der Waals surface area contributed by atoms with E-state index in [1.54, 1.807) is 11.3 Å². The highest BCUT2D eigenvalue weighted by Gasteiger charge is 2.21. The minimum absolute atomic E-state index is 0.344. The Bertz CT molecular complexity index is 519. The molecule has 2 aliphatic rings. The van der Waals surface area contributed by atoms with Crippen LogP contribution in [0.2, 0.25) is 0 Å². The molecule has 3 heterocycles. The van der Waals surface area contributed by atoms with Gasteiger partial charge in [0, 0.05) is 44.5 Å². The third kappa shape index (κ3) is 5.26. The number of likely N-dealkylation sites (tertiary alicyclic amines) is 1. The lowest BCUT2D eigenvalue weighted by Gasteiger charge is -2.34. The van der Waals surface area contributed by atoms with Gasteiger partial charge in [-0.3, -0.25) is 9.69 Å². The summed E-state index contributed by atoms with van der Waals surface area (Å²) in [6, 6.07) is 0. The van der Waals surface area contributed by atoms with Gasteiger partial charge in [-0.1, -0.05) is 6.42 Å².